The molecule has 2 aromatic rings. The molecule has 0 heterocycles. The number of hydrazine groups is 1. The van der Waals surface area contributed by atoms with E-state index in [1.807, 2.05) is 0 Å². The van der Waals surface area contributed by atoms with Crippen molar-refractivity contribution in [3.8, 4) is 6.07 Å². The van der Waals surface area contributed by atoms with Crippen molar-refractivity contribution < 1.29 is 9.31 Å². The van der Waals surface area contributed by atoms with Gasteiger partial charge in [-0.25, -0.2) is 4.39 Å². The lowest BCUT2D eigenvalue weighted by atomic mass is 10.2. The molecule has 0 aliphatic carbocycles. The highest BCUT2D eigenvalue weighted by Gasteiger charge is 2.19. The van der Waals surface area contributed by atoms with Crippen LogP contribution in [0.25, 0.3) is 0 Å². The van der Waals surface area contributed by atoms with E-state index in [1.54, 1.807) is 12.1 Å². The van der Waals surface area contributed by atoms with Crippen LogP contribution in [0.4, 0.5) is 27.1 Å². The molecular formula is C13H10FN5O2. The van der Waals surface area contributed by atoms with E-state index in [1.165, 1.54) is 24.3 Å². The number of nitrogens with zero attached hydrogens (tertiary/aromatic N) is 2. The largest absolute Gasteiger partial charge is 0.350 e. The summed E-state index contributed by atoms with van der Waals surface area (Å²) in [5, 5.41) is 22.7. The third-order valence-electron chi connectivity index (χ3n) is 2.74. The van der Waals surface area contributed by atoms with Crippen molar-refractivity contribution >= 4 is 22.7 Å². The number of nitrogens with one attached hydrogen (secondary N) is 2. The fraction of sp³-hybridized carbons (Fsp3) is 0. The molecule has 0 aromatic heterocycles. The number of para-hydroxylation sites is 1. The van der Waals surface area contributed by atoms with Gasteiger partial charge in [0.25, 0.3) is 0 Å². The second-order valence-electron chi connectivity index (χ2n) is 4.03. The molecule has 2 aromatic carbocycles. The predicted octanol–water partition coefficient (Wildman–Crippen LogP) is 2.63. The predicted molar refractivity (Wildman–Crippen MR) is 75.3 cm³/mol. The molecule has 0 saturated carbocycles. The van der Waals surface area contributed by atoms with Gasteiger partial charge >= 0.3 is 5.69 Å². The van der Waals surface area contributed by atoms with Crippen LogP contribution < -0.4 is 16.6 Å². The second-order valence-corrected chi connectivity index (χ2v) is 4.03. The van der Waals surface area contributed by atoms with Crippen LogP contribution in [0.15, 0.2) is 36.4 Å². The van der Waals surface area contributed by atoms with Gasteiger partial charge in [0.15, 0.2) is 0 Å². The van der Waals surface area contributed by atoms with Crippen molar-refractivity contribution in [3.63, 3.8) is 0 Å². The minimum absolute atomic E-state index is 0.132. The average Bonchev–Trinajstić information content (AvgIpc) is 2.48. The van der Waals surface area contributed by atoms with Gasteiger partial charge in [0, 0.05) is 5.69 Å². The quantitative estimate of drug-likeness (QED) is 0.452. The van der Waals surface area contributed by atoms with Crippen molar-refractivity contribution in [2.24, 2.45) is 5.84 Å². The maximum absolute atomic E-state index is 13.2. The molecule has 0 radical (unpaired) electrons. The number of anilines is 3. The highest BCUT2D eigenvalue weighted by molar-refractivity contribution is 5.79. The third kappa shape index (κ3) is 2.88. The summed E-state index contributed by atoms with van der Waals surface area (Å²) >= 11 is 0. The molecule has 0 atom stereocenters. The minimum atomic E-state index is -0.657. The van der Waals surface area contributed by atoms with E-state index >= 15 is 0 Å². The van der Waals surface area contributed by atoms with Crippen LogP contribution in [0.2, 0.25) is 0 Å². The van der Waals surface area contributed by atoms with Gasteiger partial charge in [-0.2, -0.15) is 5.26 Å². The summed E-state index contributed by atoms with van der Waals surface area (Å²) in [6, 6.07) is 9.95. The van der Waals surface area contributed by atoms with Crippen LogP contribution in [0, 0.1) is 27.3 Å². The third-order valence-corrected chi connectivity index (χ3v) is 2.74. The Kier molecular flexibility index (Phi) is 3.97. The summed E-state index contributed by atoms with van der Waals surface area (Å²) in [7, 11) is 0. The number of rotatable bonds is 4. The number of hydrogen-bond donors (Lipinski definition) is 3. The van der Waals surface area contributed by atoms with Gasteiger partial charge in [0.2, 0.25) is 0 Å². The molecule has 0 aliphatic heterocycles. The first-order valence-corrected chi connectivity index (χ1v) is 5.77. The van der Waals surface area contributed by atoms with Gasteiger partial charge in [-0.1, -0.05) is 6.07 Å². The van der Waals surface area contributed by atoms with Crippen molar-refractivity contribution in [2.75, 3.05) is 10.7 Å². The fourth-order valence-electron chi connectivity index (χ4n) is 1.80. The monoisotopic (exact) mass is 287 g/mol. The molecule has 8 heteroatoms. The number of hydrogen-bond acceptors (Lipinski definition) is 6. The highest BCUT2D eigenvalue weighted by Crippen LogP contribution is 2.34. The van der Waals surface area contributed by atoms with Crippen molar-refractivity contribution in [1.29, 1.82) is 5.26 Å². The Labute approximate surface area is 118 Å². The number of nitro groups is 1. The first-order chi connectivity index (χ1) is 10.1. The standard InChI is InChI=1S/C13H10FN5O2/c14-10-5-4-9(6-8(10)7-15)17-11-2-1-3-12(18-16)13(11)19(20)21/h1-6,17-18H,16H2. The zero-order valence-electron chi connectivity index (χ0n) is 10.6. The SMILES string of the molecule is N#Cc1cc(Nc2cccc(NN)c2[N+](=O)[O-])ccc1F. The molecule has 0 fully saturated rings. The number of nitrogens with two attached hydrogens (primary N) is 1. The highest BCUT2D eigenvalue weighted by atomic mass is 19.1. The summed E-state index contributed by atoms with van der Waals surface area (Å²) in [6.07, 6.45) is 0. The smallest absolute Gasteiger partial charge is 0.316 e. The Morgan fingerprint density at radius 1 is 1.29 bits per heavy atom. The Bertz CT molecular complexity index is 742. The molecule has 0 spiro atoms. The Morgan fingerprint density at radius 3 is 2.62 bits per heavy atom. The van der Waals surface area contributed by atoms with Crippen LogP contribution >= 0.6 is 0 Å². The molecule has 21 heavy (non-hydrogen) atoms. The number of nitriles is 1. The number of nitrogen functional groups attached to an aromatic ring is 1. The lowest BCUT2D eigenvalue weighted by Gasteiger charge is -2.10. The van der Waals surface area contributed by atoms with Gasteiger partial charge in [-0.15, -0.1) is 0 Å². The average molecular weight is 287 g/mol. The van der Waals surface area contributed by atoms with Crippen LogP contribution in [0.1, 0.15) is 5.56 Å². The molecule has 4 N–H and O–H groups in total. The van der Waals surface area contributed by atoms with Gasteiger partial charge in [-0.05, 0) is 30.3 Å². The fourth-order valence-corrected chi connectivity index (χ4v) is 1.80. The van der Waals surface area contributed by atoms with E-state index in [4.69, 9.17) is 11.1 Å². The maximum Gasteiger partial charge on any atom is 0.316 e. The van der Waals surface area contributed by atoms with Gasteiger partial charge in [0.05, 0.1) is 10.5 Å². The van der Waals surface area contributed by atoms with Crippen molar-refractivity contribution in [3.05, 3.63) is 57.9 Å². The molecule has 0 saturated heterocycles. The minimum Gasteiger partial charge on any atom is -0.350 e. The van der Waals surface area contributed by atoms with Crippen molar-refractivity contribution in [2.45, 2.75) is 0 Å². The first-order valence-electron chi connectivity index (χ1n) is 5.77. The van der Waals surface area contributed by atoms with Crippen molar-refractivity contribution in [1.82, 2.24) is 0 Å². The van der Waals surface area contributed by atoms with Gasteiger partial charge < -0.3 is 10.7 Å². The van der Waals surface area contributed by atoms with E-state index in [2.05, 4.69) is 10.7 Å². The Balaban J connectivity index is 2.45. The molecule has 0 aliphatic rings. The molecule has 106 valence electrons. The van der Waals surface area contributed by atoms with Crippen LogP contribution in [-0.4, -0.2) is 4.92 Å². The topological polar surface area (TPSA) is 117 Å². The van der Waals surface area contributed by atoms with E-state index in [9.17, 15) is 14.5 Å². The Hall–Kier alpha value is -3.18. The van der Waals surface area contributed by atoms with Crippen LogP contribution in [-0.2, 0) is 0 Å². The normalized spacial score (nSPS) is 9.76. The zero-order valence-corrected chi connectivity index (χ0v) is 10.6. The maximum atomic E-state index is 13.2. The lowest BCUT2D eigenvalue weighted by Crippen LogP contribution is -2.10. The first kappa shape index (κ1) is 14.2. The molecule has 0 amide bonds. The lowest BCUT2D eigenvalue weighted by molar-refractivity contribution is -0.383. The second kappa shape index (κ2) is 5.85. The molecule has 0 bridgehead atoms. The van der Waals surface area contributed by atoms with Crippen LogP contribution in [0.5, 0.6) is 0 Å². The van der Waals surface area contributed by atoms with Crippen LogP contribution in [0.3, 0.4) is 0 Å². The van der Waals surface area contributed by atoms with Gasteiger partial charge in [0.1, 0.15) is 23.3 Å². The summed E-state index contributed by atoms with van der Waals surface area (Å²) in [5.74, 6) is 4.58. The summed E-state index contributed by atoms with van der Waals surface area (Å²) < 4.78 is 13.2. The number of halogens is 1. The number of nitro benzene ring substituents is 1. The van der Waals surface area contributed by atoms with E-state index in [0.717, 1.165) is 6.07 Å². The van der Waals surface area contributed by atoms with Gasteiger partial charge in [-0.3, -0.25) is 16.0 Å². The van der Waals surface area contributed by atoms with E-state index in [0.29, 0.717) is 5.69 Å². The molecule has 0 unspecified atom stereocenters. The summed E-state index contributed by atoms with van der Waals surface area (Å²) in [6.45, 7) is 0. The molecule has 7 nitrogen and oxygen atoms in total. The van der Waals surface area contributed by atoms with E-state index in [-0.39, 0.29) is 22.6 Å². The number of benzene rings is 2. The summed E-state index contributed by atoms with van der Waals surface area (Å²) in [4.78, 5) is 10.5. The molecular weight excluding hydrogens is 277 g/mol. The molecule has 2 rings (SSSR count). The Morgan fingerprint density at radius 2 is 2.00 bits per heavy atom. The zero-order chi connectivity index (χ0) is 15.4. The summed E-state index contributed by atoms with van der Waals surface area (Å²) in [5.41, 5.74) is 2.49. The van der Waals surface area contributed by atoms with E-state index < -0.39 is 10.7 Å².